The Kier molecular flexibility index (Phi) is 7.77. The van der Waals surface area contributed by atoms with E-state index < -0.39 is 6.61 Å². The summed E-state index contributed by atoms with van der Waals surface area (Å²) in [5.41, 5.74) is 3.22. The lowest BCUT2D eigenvalue weighted by molar-refractivity contribution is -0.0498. The zero-order valence-corrected chi connectivity index (χ0v) is 20.0. The number of nitrogens with zero attached hydrogens (tertiary/aromatic N) is 3. The van der Waals surface area contributed by atoms with Gasteiger partial charge in [-0.15, -0.1) is 10.2 Å². The Morgan fingerprint density at radius 1 is 1.00 bits per heavy atom. The molecule has 0 atom stereocenters. The number of ether oxygens (including phenoxy) is 2. The second-order valence-corrected chi connectivity index (χ2v) is 8.50. The number of carbonyl (C=O) groups excluding carboxylic acids is 1. The second kappa shape index (κ2) is 11.1. The van der Waals surface area contributed by atoms with E-state index in [4.69, 9.17) is 4.74 Å². The molecule has 0 radical (unpaired) electrons. The molecule has 0 fully saturated rings. The number of alkyl halides is 2. The number of rotatable bonds is 10. The minimum Gasteiger partial charge on any atom is -0.494 e. The molecule has 4 rings (SSSR count). The van der Waals surface area contributed by atoms with E-state index in [1.54, 1.807) is 0 Å². The van der Waals surface area contributed by atoms with Gasteiger partial charge in [-0.25, -0.2) is 0 Å². The quantitative estimate of drug-likeness (QED) is 0.192. The highest BCUT2D eigenvalue weighted by Gasteiger charge is 2.18. The number of aromatic nitrogens is 3. The number of Topliss-reactive ketones (excluding diaryl/α,β-unsaturated/α-hetero) is 1. The highest BCUT2D eigenvalue weighted by Crippen LogP contribution is 2.30. The maximum atomic E-state index is 12.8. The summed E-state index contributed by atoms with van der Waals surface area (Å²) in [6.45, 7) is 1.59. The van der Waals surface area contributed by atoms with Gasteiger partial charge in [0.05, 0.1) is 12.4 Å². The van der Waals surface area contributed by atoms with Crippen molar-refractivity contribution in [2.24, 2.45) is 0 Å². The van der Waals surface area contributed by atoms with Gasteiger partial charge in [-0.2, -0.15) is 8.78 Å². The van der Waals surface area contributed by atoms with Crippen LogP contribution in [0.4, 0.5) is 8.78 Å². The molecule has 0 bridgehead atoms. The maximum Gasteiger partial charge on any atom is 0.387 e. The number of hydrogen-bond acceptors (Lipinski definition) is 6. The van der Waals surface area contributed by atoms with Crippen molar-refractivity contribution in [2.45, 2.75) is 25.6 Å². The standard InChI is InChI=1S/C26H23F2N3O3S/c1-3-33-21-13-9-20(10-14-21)31-24(19-6-4-5-17(2)15-19)29-30-26(31)35-16-23(32)18-7-11-22(12-8-18)34-25(27)28/h4-15,25H,3,16H2,1-2H3. The molecule has 35 heavy (non-hydrogen) atoms. The van der Waals surface area contributed by atoms with Gasteiger partial charge in [0.2, 0.25) is 0 Å². The highest BCUT2D eigenvalue weighted by molar-refractivity contribution is 7.99. The van der Waals surface area contributed by atoms with Crippen molar-refractivity contribution in [3.63, 3.8) is 0 Å². The first kappa shape index (κ1) is 24.4. The summed E-state index contributed by atoms with van der Waals surface area (Å²) in [5, 5.41) is 9.33. The average molecular weight is 496 g/mol. The molecule has 0 aliphatic rings. The van der Waals surface area contributed by atoms with Crippen LogP contribution in [0.5, 0.6) is 11.5 Å². The number of ketones is 1. The smallest absolute Gasteiger partial charge is 0.387 e. The van der Waals surface area contributed by atoms with E-state index in [0.717, 1.165) is 22.6 Å². The number of benzene rings is 3. The average Bonchev–Trinajstić information content (AvgIpc) is 3.27. The third kappa shape index (κ3) is 6.05. The predicted molar refractivity (Wildman–Crippen MR) is 131 cm³/mol. The van der Waals surface area contributed by atoms with Crippen molar-refractivity contribution < 1.29 is 23.0 Å². The fourth-order valence-electron chi connectivity index (χ4n) is 3.46. The van der Waals surface area contributed by atoms with E-state index in [0.29, 0.717) is 23.2 Å². The summed E-state index contributed by atoms with van der Waals surface area (Å²) < 4.78 is 36.5. The van der Waals surface area contributed by atoms with Gasteiger partial charge >= 0.3 is 6.61 Å². The first-order valence-corrected chi connectivity index (χ1v) is 11.9. The van der Waals surface area contributed by atoms with Gasteiger partial charge in [-0.1, -0.05) is 35.5 Å². The van der Waals surface area contributed by atoms with Gasteiger partial charge in [0.25, 0.3) is 0 Å². The van der Waals surface area contributed by atoms with Crippen molar-refractivity contribution in [2.75, 3.05) is 12.4 Å². The topological polar surface area (TPSA) is 66.2 Å². The van der Waals surface area contributed by atoms with Gasteiger partial charge in [0.15, 0.2) is 16.8 Å². The third-order valence-electron chi connectivity index (χ3n) is 5.05. The summed E-state index contributed by atoms with van der Waals surface area (Å²) in [5.74, 6) is 1.34. The molecule has 1 aromatic heterocycles. The molecule has 9 heteroatoms. The molecule has 0 aliphatic carbocycles. The van der Waals surface area contributed by atoms with Crippen molar-refractivity contribution >= 4 is 17.5 Å². The van der Waals surface area contributed by atoms with Crippen molar-refractivity contribution in [1.29, 1.82) is 0 Å². The lowest BCUT2D eigenvalue weighted by Crippen LogP contribution is -2.06. The van der Waals surface area contributed by atoms with E-state index in [9.17, 15) is 13.6 Å². The van der Waals surface area contributed by atoms with Crippen LogP contribution in [0.1, 0.15) is 22.8 Å². The summed E-state index contributed by atoms with van der Waals surface area (Å²) in [4.78, 5) is 12.8. The summed E-state index contributed by atoms with van der Waals surface area (Å²) in [6.07, 6.45) is 0. The van der Waals surface area contributed by atoms with Gasteiger partial charge in [0, 0.05) is 16.8 Å². The Morgan fingerprint density at radius 3 is 2.37 bits per heavy atom. The van der Waals surface area contributed by atoms with E-state index in [-0.39, 0.29) is 17.3 Å². The van der Waals surface area contributed by atoms with Gasteiger partial charge in [-0.3, -0.25) is 9.36 Å². The molecule has 0 spiro atoms. The van der Waals surface area contributed by atoms with Crippen LogP contribution in [-0.4, -0.2) is 39.5 Å². The first-order valence-electron chi connectivity index (χ1n) is 10.9. The zero-order chi connectivity index (χ0) is 24.8. The summed E-state index contributed by atoms with van der Waals surface area (Å²) >= 11 is 1.25. The van der Waals surface area contributed by atoms with Crippen LogP contribution in [0, 0.1) is 6.92 Å². The van der Waals surface area contributed by atoms with Crippen LogP contribution in [0.15, 0.2) is 78.0 Å². The van der Waals surface area contributed by atoms with Gasteiger partial charge in [-0.05, 0) is 68.4 Å². The molecule has 0 unspecified atom stereocenters. The Bertz CT molecular complexity index is 1290. The van der Waals surface area contributed by atoms with Crippen LogP contribution in [-0.2, 0) is 0 Å². The van der Waals surface area contributed by atoms with E-state index >= 15 is 0 Å². The minimum atomic E-state index is -2.91. The fourth-order valence-corrected chi connectivity index (χ4v) is 4.31. The zero-order valence-electron chi connectivity index (χ0n) is 19.2. The Labute approximate surface area is 205 Å². The molecule has 1 heterocycles. The summed E-state index contributed by atoms with van der Waals surface area (Å²) in [7, 11) is 0. The maximum absolute atomic E-state index is 12.8. The second-order valence-electron chi connectivity index (χ2n) is 7.55. The summed E-state index contributed by atoms with van der Waals surface area (Å²) in [6, 6.07) is 21.2. The molecule has 6 nitrogen and oxygen atoms in total. The van der Waals surface area contributed by atoms with Crippen molar-refractivity contribution in [1.82, 2.24) is 14.8 Å². The van der Waals surface area contributed by atoms with Crippen LogP contribution in [0.25, 0.3) is 17.1 Å². The molecule has 4 aromatic rings. The molecule has 0 saturated carbocycles. The molecule has 0 N–H and O–H groups in total. The number of aryl methyl sites for hydroxylation is 1. The van der Waals surface area contributed by atoms with E-state index in [1.165, 1.54) is 36.0 Å². The van der Waals surface area contributed by atoms with Crippen LogP contribution >= 0.6 is 11.8 Å². The van der Waals surface area contributed by atoms with Crippen LogP contribution in [0.3, 0.4) is 0 Å². The molecular weight excluding hydrogens is 472 g/mol. The fraction of sp³-hybridized carbons (Fsp3) is 0.192. The minimum absolute atomic E-state index is 0.00208. The molecule has 180 valence electrons. The number of carbonyl (C=O) groups is 1. The number of hydrogen-bond donors (Lipinski definition) is 0. The number of halogens is 2. The third-order valence-corrected chi connectivity index (χ3v) is 5.98. The monoisotopic (exact) mass is 495 g/mol. The van der Waals surface area contributed by atoms with E-state index in [2.05, 4.69) is 14.9 Å². The SMILES string of the molecule is CCOc1ccc(-n2c(SCC(=O)c3ccc(OC(F)F)cc3)nnc2-c2cccc(C)c2)cc1. The molecule has 0 amide bonds. The first-order chi connectivity index (χ1) is 16.9. The van der Waals surface area contributed by atoms with Crippen LogP contribution < -0.4 is 9.47 Å². The Hall–Kier alpha value is -3.72. The Morgan fingerprint density at radius 2 is 1.71 bits per heavy atom. The number of thioether (sulfide) groups is 1. The Balaban J connectivity index is 1.60. The molecule has 0 aliphatic heterocycles. The lowest BCUT2D eigenvalue weighted by atomic mass is 10.1. The van der Waals surface area contributed by atoms with Crippen LogP contribution in [0.2, 0.25) is 0 Å². The predicted octanol–water partition coefficient (Wildman–Crippen LogP) is 6.22. The van der Waals surface area contributed by atoms with Crippen molar-refractivity contribution in [3.8, 4) is 28.6 Å². The van der Waals surface area contributed by atoms with Crippen molar-refractivity contribution in [3.05, 3.63) is 83.9 Å². The molecular formula is C26H23F2N3O3S. The largest absolute Gasteiger partial charge is 0.494 e. The molecule has 3 aromatic carbocycles. The highest BCUT2D eigenvalue weighted by atomic mass is 32.2. The van der Waals surface area contributed by atoms with Gasteiger partial charge < -0.3 is 9.47 Å². The molecule has 0 saturated heterocycles. The normalized spacial score (nSPS) is 11.0. The van der Waals surface area contributed by atoms with Gasteiger partial charge in [0.1, 0.15) is 11.5 Å². The van der Waals surface area contributed by atoms with E-state index in [1.807, 2.05) is 66.9 Å². The lowest BCUT2D eigenvalue weighted by Gasteiger charge is -2.12.